The van der Waals surface area contributed by atoms with E-state index in [4.69, 9.17) is 5.73 Å². The number of hydrogen-bond acceptors (Lipinski definition) is 4. The second-order valence-corrected chi connectivity index (χ2v) is 6.21. The molecule has 4 N–H and O–H groups in total. The monoisotopic (exact) mass is 291 g/mol. The van der Waals surface area contributed by atoms with Crippen LogP contribution in [0.1, 0.15) is 5.56 Å². The Morgan fingerprint density at radius 2 is 1.60 bits per heavy atom. The van der Waals surface area contributed by atoms with E-state index < -0.39 is 10.0 Å². The number of sulfonamides is 1. The fourth-order valence-corrected chi connectivity index (χ4v) is 2.44. The number of benzene rings is 2. The highest BCUT2D eigenvalue weighted by Gasteiger charge is 2.10. The van der Waals surface area contributed by atoms with Crippen molar-refractivity contribution in [1.82, 2.24) is 4.72 Å². The summed E-state index contributed by atoms with van der Waals surface area (Å²) in [6.07, 6.45) is 0. The van der Waals surface area contributed by atoms with E-state index in [2.05, 4.69) is 10.0 Å². The summed E-state index contributed by atoms with van der Waals surface area (Å²) in [4.78, 5) is 0.248. The third-order valence-corrected chi connectivity index (χ3v) is 4.34. The van der Waals surface area contributed by atoms with Crippen LogP contribution in [0.2, 0.25) is 0 Å². The molecule has 0 fully saturated rings. The molecule has 0 heterocycles. The van der Waals surface area contributed by atoms with Crippen molar-refractivity contribution in [2.75, 3.05) is 18.1 Å². The molecule has 0 unspecified atom stereocenters. The van der Waals surface area contributed by atoms with Gasteiger partial charge < -0.3 is 11.1 Å². The summed E-state index contributed by atoms with van der Waals surface area (Å²) in [5.41, 5.74) is 8.31. The molecular formula is C14H17N3O2S. The predicted molar refractivity (Wildman–Crippen MR) is 80.9 cm³/mol. The molecule has 2 aromatic carbocycles. The molecule has 2 aromatic rings. The highest BCUT2D eigenvalue weighted by atomic mass is 32.2. The van der Waals surface area contributed by atoms with Crippen LogP contribution in [0.5, 0.6) is 0 Å². The van der Waals surface area contributed by atoms with E-state index in [9.17, 15) is 8.42 Å². The molecule has 5 nitrogen and oxygen atoms in total. The van der Waals surface area contributed by atoms with Crippen molar-refractivity contribution in [3.05, 3.63) is 54.1 Å². The fraction of sp³-hybridized carbons (Fsp3) is 0.143. The Kier molecular flexibility index (Phi) is 4.26. The third-order valence-electron chi connectivity index (χ3n) is 2.91. The van der Waals surface area contributed by atoms with Gasteiger partial charge in [-0.25, -0.2) is 13.1 Å². The highest BCUT2D eigenvalue weighted by molar-refractivity contribution is 7.89. The lowest BCUT2D eigenvalue weighted by molar-refractivity contribution is 0.588. The van der Waals surface area contributed by atoms with Crippen molar-refractivity contribution in [1.29, 1.82) is 0 Å². The number of nitrogens with one attached hydrogen (secondary N) is 2. The maximum absolute atomic E-state index is 11.6. The molecule has 2 rings (SSSR count). The molecule has 0 amide bonds. The minimum atomic E-state index is -3.38. The topological polar surface area (TPSA) is 84.2 Å². The van der Waals surface area contributed by atoms with E-state index in [1.165, 1.54) is 7.05 Å². The summed E-state index contributed by atoms with van der Waals surface area (Å²) in [6, 6.07) is 14.2. The zero-order chi connectivity index (χ0) is 14.6. The van der Waals surface area contributed by atoms with Gasteiger partial charge in [0, 0.05) is 17.9 Å². The Bertz CT molecular complexity index is 665. The van der Waals surface area contributed by atoms with Crippen LogP contribution in [0.15, 0.2) is 53.4 Å². The molecule has 0 spiro atoms. The quantitative estimate of drug-likeness (QED) is 0.733. The first-order chi connectivity index (χ1) is 9.51. The van der Waals surface area contributed by atoms with Gasteiger partial charge in [0.15, 0.2) is 0 Å². The standard InChI is InChI=1S/C14H17N3O2S/c1-16-20(18,19)14-8-6-13(7-9-14)17-10-11-2-4-12(15)5-3-11/h2-9,16-17H,10,15H2,1H3. The Morgan fingerprint density at radius 1 is 1.00 bits per heavy atom. The molecule has 0 bridgehead atoms. The number of hydrogen-bond donors (Lipinski definition) is 3. The van der Waals surface area contributed by atoms with Gasteiger partial charge in [0.2, 0.25) is 10.0 Å². The van der Waals surface area contributed by atoms with Crippen LogP contribution in [0.3, 0.4) is 0 Å². The van der Waals surface area contributed by atoms with E-state index in [0.717, 1.165) is 16.9 Å². The lowest BCUT2D eigenvalue weighted by Gasteiger charge is -2.08. The molecule has 0 aromatic heterocycles. The Balaban J connectivity index is 2.03. The zero-order valence-electron chi connectivity index (χ0n) is 11.1. The van der Waals surface area contributed by atoms with Gasteiger partial charge >= 0.3 is 0 Å². The van der Waals surface area contributed by atoms with Crippen LogP contribution in [-0.2, 0) is 16.6 Å². The normalized spacial score (nSPS) is 11.2. The molecule has 0 aliphatic heterocycles. The molecule has 0 aliphatic carbocycles. The second-order valence-electron chi connectivity index (χ2n) is 4.33. The van der Waals surface area contributed by atoms with Gasteiger partial charge in [0.1, 0.15) is 0 Å². The summed E-state index contributed by atoms with van der Waals surface area (Å²) in [5.74, 6) is 0. The summed E-state index contributed by atoms with van der Waals surface area (Å²) in [5, 5.41) is 3.22. The average Bonchev–Trinajstić information content (AvgIpc) is 2.47. The number of nitrogens with two attached hydrogens (primary N) is 1. The average molecular weight is 291 g/mol. The molecule has 20 heavy (non-hydrogen) atoms. The smallest absolute Gasteiger partial charge is 0.240 e. The number of anilines is 2. The van der Waals surface area contributed by atoms with Crippen LogP contribution >= 0.6 is 0 Å². The van der Waals surface area contributed by atoms with Crippen molar-refractivity contribution < 1.29 is 8.42 Å². The lowest BCUT2D eigenvalue weighted by Crippen LogP contribution is -2.18. The van der Waals surface area contributed by atoms with Gasteiger partial charge in [0.05, 0.1) is 4.90 Å². The van der Waals surface area contributed by atoms with E-state index in [1.807, 2.05) is 24.3 Å². The lowest BCUT2D eigenvalue weighted by atomic mass is 10.2. The second kappa shape index (κ2) is 5.94. The molecule has 0 atom stereocenters. The molecule has 0 saturated heterocycles. The largest absolute Gasteiger partial charge is 0.399 e. The van der Waals surface area contributed by atoms with Gasteiger partial charge in [0.25, 0.3) is 0 Å². The SMILES string of the molecule is CNS(=O)(=O)c1ccc(NCc2ccc(N)cc2)cc1. The van der Waals surface area contributed by atoms with Gasteiger partial charge in [-0.1, -0.05) is 12.1 Å². The van der Waals surface area contributed by atoms with Crippen LogP contribution in [-0.4, -0.2) is 15.5 Å². The molecular weight excluding hydrogens is 274 g/mol. The molecule has 0 radical (unpaired) electrons. The molecule has 0 saturated carbocycles. The predicted octanol–water partition coefficient (Wildman–Crippen LogP) is 1.79. The highest BCUT2D eigenvalue weighted by Crippen LogP contribution is 2.15. The first-order valence-corrected chi connectivity index (χ1v) is 7.61. The minimum absolute atomic E-state index is 0.248. The van der Waals surface area contributed by atoms with Gasteiger partial charge in [-0.05, 0) is 49.0 Å². The van der Waals surface area contributed by atoms with Crippen LogP contribution < -0.4 is 15.8 Å². The van der Waals surface area contributed by atoms with Crippen molar-refractivity contribution in [2.45, 2.75) is 11.4 Å². The molecule has 6 heteroatoms. The fourth-order valence-electron chi connectivity index (χ4n) is 1.71. The van der Waals surface area contributed by atoms with E-state index >= 15 is 0 Å². The summed E-state index contributed by atoms with van der Waals surface area (Å²) >= 11 is 0. The van der Waals surface area contributed by atoms with E-state index in [0.29, 0.717) is 6.54 Å². The Hall–Kier alpha value is -2.05. The van der Waals surface area contributed by atoms with Crippen LogP contribution in [0.4, 0.5) is 11.4 Å². The van der Waals surface area contributed by atoms with E-state index in [-0.39, 0.29) is 4.90 Å². The Labute approximate surface area is 118 Å². The van der Waals surface area contributed by atoms with Crippen LogP contribution in [0.25, 0.3) is 0 Å². The van der Waals surface area contributed by atoms with Crippen LogP contribution in [0, 0.1) is 0 Å². The van der Waals surface area contributed by atoms with Crippen molar-refractivity contribution in [3.63, 3.8) is 0 Å². The van der Waals surface area contributed by atoms with Crippen molar-refractivity contribution in [3.8, 4) is 0 Å². The van der Waals surface area contributed by atoms with E-state index in [1.54, 1.807) is 24.3 Å². The van der Waals surface area contributed by atoms with Gasteiger partial charge in [-0.2, -0.15) is 0 Å². The van der Waals surface area contributed by atoms with Gasteiger partial charge in [-0.3, -0.25) is 0 Å². The minimum Gasteiger partial charge on any atom is -0.399 e. The molecule has 0 aliphatic rings. The number of nitrogen functional groups attached to an aromatic ring is 1. The maximum atomic E-state index is 11.6. The Morgan fingerprint density at radius 3 is 2.15 bits per heavy atom. The van der Waals surface area contributed by atoms with Crippen molar-refractivity contribution in [2.24, 2.45) is 0 Å². The number of rotatable bonds is 5. The maximum Gasteiger partial charge on any atom is 0.240 e. The first kappa shape index (κ1) is 14.4. The first-order valence-electron chi connectivity index (χ1n) is 6.13. The summed E-state index contributed by atoms with van der Waals surface area (Å²) < 4.78 is 25.4. The molecule has 106 valence electrons. The van der Waals surface area contributed by atoms with Gasteiger partial charge in [-0.15, -0.1) is 0 Å². The third kappa shape index (κ3) is 3.49. The zero-order valence-corrected chi connectivity index (χ0v) is 11.9. The summed E-state index contributed by atoms with van der Waals surface area (Å²) in [6.45, 7) is 0.651. The van der Waals surface area contributed by atoms with Crippen molar-refractivity contribution >= 4 is 21.4 Å². The summed E-state index contributed by atoms with van der Waals surface area (Å²) in [7, 11) is -1.99.